The molecule has 0 spiro atoms. The highest BCUT2D eigenvalue weighted by Crippen LogP contribution is 2.26. The van der Waals surface area contributed by atoms with E-state index in [2.05, 4.69) is 16.0 Å². The number of amides is 2. The van der Waals surface area contributed by atoms with Gasteiger partial charge in [0, 0.05) is 50.7 Å². The lowest BCUT2D eigenvalue weighted by Gasteiger charge is -2.19. The lowest BCUT2D eigenvalue weighted by atomic mass is 9.97. The number of benzene rings is 4. The summed E-state index contributed by atoms with van der Waals surface area (Å²) in [6.45, 7) is 3.04. The van der Waals surface area contributed by atoms with Crippen LogP contribution in [-0.2, 0) is 4.79 Å². The van der Waals surface area contributed by atoms with E-state index in [9.17, 15) is 9.59 Å². The SMILES string of the molecule is COc1ccc(NCCNC(=O)C(CNC(=O)c2cccc(C)c2)c2ccc(Oc3ccc(N(C)C)cc3)cc2)cc1. The van der Waals surface area contributed by atoms with Crippen molar-refractivity contribution in [3.63, 3.8) is 0 Å². The molecule has 0 aliphatic carbocycles. The number of carbonyl (C=O) groups excluding carboxylic acids is 2. The molecule has 8 nitrogen and oxygen atoms in total. The van der Waals surface area contributed by atoms with Gasteiger partial charge >= 0.3 is 0 Å². The summed E-state index contributed by atoms with van der Waals surface area (Å²) in [5.41, 5.74) is 4.34. The van der Waals surface area contributed by atoms with Gasteiger partial charge in [-0.05, 0) is 85.3 Å². The number of rotatable bonds is 13. The summed E-state index contributed by atoms with van der Waals surface area (Å²) < 4.78 is 11.2. The molecule has 42 heavy (non-hydrogen) atoms. The number of carbonyl (C=O) groups is 2. The molecule has 3 N–H and O–H groups in total. The molecule has 0 bridgehead atoms. The summed E-state index contributed by atoms with van der Waals surface area (Å²) in [6, 6.07) is 30.2. The summed E-state index contributed by atoms with van der Waals surface area (Å²) in [5.74, 6) is 1.17. The van der Waals surface area contributed by atoms with E-state index >= 15 is 0 Å². The van der Waals surface area contributed by atoms with Crippen LogP contribution in [0.1, 0.15) is 27.4 Å². The molecule has 4 aromatic rings. The molecule has 4 rings (SSSR count). The smallest absolute Gasteiger partial charge is 0.251 e. The maximum atomic E-state index is 13.4. The first-order valence-corrected chi connectivity index (χ1v) is 13.9. The lowest BCUT2D eigenvalue weighted by Crippen LogP contribution is -2.39. The quantitative estimate of drug-likeness (QED) is 0.183. The van der Waals surface area contributed by atoms with Crippen LogP contribution in [0, 0.1) is 6.92 Å². The Balaban J connectivity index is 1.41. The van der Waals surface area contributed by atoms with Crippen LogP contribution in [0.4, 0.5) is 11.4 Å². The second-order valence-electron chi connectivity index (χ2n) is 10.1. The van der Waals surface area contributed by atoms with E-state index in [1.165, 1.54) is 0 Å². The predicted molar refractivity (Wildman–Crippen MR) is 168 cm³/mol. The van der Waals surface area contributed by atoms with E-state index in [1.54, 1.807) is 13.2 Å². The van der Waals surface area contributed by atoms with E-state index in [0.717, 1.165) is 34.0 Å². The molecule has 0 aliphatic rings. The van der Waals surface area contributed by atoms with Crippen LogP contribution < -0.4 is 30.3 Å². The van der Waals surface area contributed by atoms with Gasteiger partial charge in [-0.2, -0.15) is 0 Å². The van der Waals surface area contributed by atoms with Crippen LogP contribution in [0.3, 0.4) is 0 Å². The number of nitrogens with one attached hydrogen (secondary N) is 3. The third-order valence-electron chi connectivity index (χ3n) is 6.78. The van der Waals surface area contributed by atoms with E-state index < -0.39 is 5.92 Å². The molecule has 2 amide bonds. The Bertz CT molecular complexity index is 1450. The van der Waals surface area contributed by atoms with Crippen LogP contribution >= 0.6 is 0 Å². The first-order chi connectivity index (χ1) is 20.3. The van der Waals surface area contributed by atoms with Crippen LogP contribution in [0.5, 0.6) is 17.2 Å². The Morgan fingerprint density at radius 2 is 1.43 bits per heavy atom. The molecule has 4 aromatic carbocycles. The van der Waals surface area contributed by atoms with Gasteiger partial charge in [0.15, 0.2) is 0 Å². The van der Waals surface area contributed by atoms with Crippen molar-refractivity contribution in [3.8, 4) is 17.2 Å². The normalized spacial score (nSPS) is 11.2. The van der Waals surface area contributed by atoms with Gasteiger partial charge in [0.2, 0.25) is 5.91 Å². The number of ether oxygens (including phenoxy) is 2. The lowest BCUT2D eigenvalue weighted by molar-refractivity contribution is -0.122. The third kappa shape index (κ3) is 8.51. The molecule has 218 valence electrons. The van der Waals surface area contributed by atoms with Gasteiger partial charge in [0.1, 0.15) is 17.2 Å². The van der Waals surface area contributed by atoms with Crippen LogP contribution in [-0.4, -0.2) is 52.7 Å². The van der Waals surface area contributed by atoms with Crippen LogP contribution in [0.25, 0.3) is 0 Å². The summed E-state index contributed by atoms with van der Waals surface area (Å²) in [5, 5.41) is 9.23. The highest BCUT2D eigenvalue weighted by atomic mass is 16.5. The average molecular weight is 567 g/mol. The molecule has 8 heteroatoms. The average Bonchev–Trinajstić information content (AvgIpc) is 3.00. The summed E-state index contributed by atoms with van der Waals surface area (Å²) in [7, 11) is 5.60. The summed E-state index contributed by atoms with van der Waals surface area (Å²) >= 11 is 0. The monoisotopic (exact) mass is 566 g/mol. The topological polar surface area (TPSA) is 91.9 Å². The molecule has 0 aromatic heterocycles. The molecule has 0 saturated carbocycles. The van der Waals surface area contributed by atoms with Crippen molar-refractivity contribution in [2.75, 3.05) is 51.1 Å². The first kappa shape index (κ1) is 30.0. The zero-order valence-corrected chi connectivity index (χ0v) is 24.5. The second-order valence-corrected chi connectivity index (χ2v) is 10.1. The molecule has 0 saturated heterocycles. The Morgan fingerprint density at radius 3 is 2.05 bits per heavy atom. The van der Waals surface area contributed by atoms with E-state index in [1.807, 2.05) is 117 Å². The fourth-order valence-corrected chi connectivity index (χ4v) is 4.39. The van der Waals surface area contributed by atoms with Gasteiger partial charge in [-0.1, -0.05) is 29.8 Å². The van der Waals surface area contributed by atoms with Crippen molar-refractivity contribution < 1.29 is 19.1 Å². The fraction of sp³-hybridized carbons (Fsp3) is 0.235. The van der Waals surface area contributed by atoms with Crippen molar-refractivity contribution in [1.29, 1.82) is 0 Å². The van der Waals surface area contributed by atoms with Crippen molar-refractivity contribution in [1.82, 2.24) is 10.6 Å². The number of hydrogen-bond acceptors (Lipinski definition) is 6. The Labute approximate surface area is 247 Å². The summed E-state index contributed by atoms with van der Waals surface area (Å²) in [4.78, 5) is 28.2. The van der Waals surface area contributed by atoms with Crippen molar-refractivity contribution in [2.45, 2.75) is 12.8 Å². The molecule has 0 aliphatic heterocycles. The highest BCUT2D eigenvalue weighted by Gasteiger charge is 2.22. The minimum atomic E-state index is -0.590. The van der Waals surface area contributed by atoms with Gasteiger partial charge in [0.05, 0.1) is 13.0 Å². The van der Waals surface area contributed by atoms with E-state index in [0.29, 0.717) is 24.4 Å². The Kier molecular flexibility index (Phi) is 10.4. The molecule has 1 atom stereocenters. The van der Waals surface area contributed by atoms with Crippen molar-refractivity contribution in [3.05, 3.63) is 114 Å². The predicted octanol–water partition coefficient (Wildman–Crippen LogP) is 5.60. The largest absolute Gasteiger partial charge is 0.497 e. The van der Waals surface area contributed by atoms with Crippen molar-refractivity contribution >= 4 is 23.2 Å². The highest BCUT2D eigenvalue weighted by molar-refractivity contribution is 5.95. The number of hydrogen-bond donors (Lipinski definition) is 3. The zero-order chi connectivity index (χ0) is 29.9. The maximum Gasteiger partial charge on any atom is 0.251 e. The maximum absolute atomic E-state index is 13.4. The van der Waals surface area contributed by atoms with Crippen molar-refractivity contribution in [2.24, 2.45) is 0 Å². The van der Waals surface area contributed by atoms with Crippen LogP contribution in [0.15, 0.2) is 97.1 Å². The van der Waals surface area contributed by atoms with E-state index in [4.69, 9.17) is 9.47 Å². The first-order valence-electron chi connectivity index (χ1n) is 13.9. The molecule has 1 unspecified atom stereocenters. The fourth-order valence-electron chi connectivity index (χ4n) is 4.39. The Morgan fingerprint density at radius 1 is 0.786 bits per heavy atom. The minimum absolute atomic E-state index is 0.150. The van der Waals surface area contributed by atoms with Gasteiger partial charge in [-0.3, -0.25) is 9.59 Å². The van der Waals surface area contributed by atoms with Gasteiger partial charge < -0.3 is 30.3 Å². The molecular weight excluding hydrogens is 528 g/mol. The van der Waals surface area contributed by atoms with Gasteiger partial charge in [-0.15, -0.1) is 0 Å². The van der Waals surface area contributed by atoms with Gasteiger partial charge in [0.25, 0.3) is 5.91 Å². The van der Waals surface area contributed by atoms with E-state index in [-0.39, 0.29) is 18.4 Å². The minimum Gasteiger partial charge on any atom is -0.497 e. The second kappa shape index (κ2) is 14.6. The number of nitrogens with zero attached hydrogens (tertiary/aromatic N) is 1. The summed E-state index contributed by atoms with van der Waals surface area (Å²) in [6.07, 6.45) is 0. The zero-order valence-electron chi connectivity index (χ0n) is 24.5. The van der Waals surface area contributed by atoms with Gasteiger partial charge in [-0.25, -0.2) is 0 Å². The molecular formula is C34H38N4O4. The molecule has 0 heterocycles. The standard InChI is InChI=1S/C34H38N4O4/c1-24-6-5-7-26(22-24)33(39)37-23-32(34(40)36-21-20-35-27-10-16-29(41-4)17-11-27)25-8-14-30(15-9-25)42-31-18-12-28(13-19-31)38(2)3/h5-19,22,32,35H,20-21,23H2,1-4H3,(H,36,40)(H,37,39). The number of anilines is 2. The van der Waals surface area contributed by atoms with Crippen LogP contribution in [0.2, 0.25) is 0 Å². The third-order valence-corrected chi connectivity index (χ3v) is 6.78. The molecule has 0 radical (unpaired) electrons. The Hall–Kier alpha value is -4.98. The number of methoxy groups -OCH3 is 1. The molecule has 0 fully saturated rings. The number of aryl methyl sites for hydroxylation is 1.